The number of aliphatic hydroxyl groups is 1. The van der Waals surface area contributed by atoms with Gasteiger partial charge in [0.1, 0.15) is 0 Å². The van der Waals surface area contributed by atoms with Crippen molar-refractivity contribution in [2.75, 3.05) is 7.11 Å². The predicted octanol–water partition coefficient (Wildman–Crippen LogP) is 2.13. The van der Waals surface area contributed by atoms with Gasteiger partial charge in [0.05, 0.1) is 23.9 Å². The molecule has 0 bridgehead atoms. The SMILES string of the molecule is COc1ncccc1C(O)Cc1csc(C)n1. The zero-order valence-corrected chi connectivity index (χ0v) is 10.6. The van der Waals surface area contributed by atoms with Crippen molar-refractivity contribution in [3.63, 3.8) is 0 Å². The van der Waals surface area contributed by atoms with Gasteiger partial charge < -0.3 is 9.84 Å². The van der Waals surface area contributed by atoms with Crippen LogP contribution in [-0.2, 0) is 6.42 Å². The van der Waals surface area contributed by atoms with Crippen LogP contribution < -0.4 is 4.74 Å². The first kappa shape index (κ1) is 12.0. The van der Waals surface area contributed by atoms with E-state index in [9.17, 15) is 5.11 Å². The molecule has 0 spiro atoms. The summed E-state index contributed by atoms with van der Waals surface area (Å²) in [5, 5.41) is 13.1. The number of methoxy groups -OCH3 is 1. The predicted molar refractivity (Wildman–Crippen MR) is 66.3 cm³/mol. The molecule has 0 saturated heterocycles. The smallest absolute Gasteiger partial charge is 0.218 e. The molecule has 2 heterocycles. The average Bonchev–Trinajstić information content (AvgIpc) is 2.74. The molecule has 1 atom stereocenters. The fourth-order valence-electron chi connectivity index (χ4n) is 1.64. The van der Waals surface area contributed by atoms with Crippen molar-refractivity contribution < 1.29 is 9.84 Å². The lowest BCUT2D eigenvalue weighted by molar-refractivity contribution is 0.172. The fraction of sp³-hybridized carbons (Fsp3) is 0.333. The molecule has 0 aliphatic rings. The molecule has 0 saturated carbocycles. The van der Waals surface area contributed by atoms with E-state index in [0.717, 1.165) is 10.7 Å². The van der Waals surface area contributed by atoms with Crippen molar-refractivity contribution in [2.45, 2.75) is 19.4 Å². The molecule has 90 valence electrons. The molecule has 0 radical (unpaired) electrons. The molecule has 0 amide bonds. The summed E-state index contributed by atoms with van der Waals surface area (Å²) in [5.41, 5.74) is 1.59. The van der Waals surface area contributed by atoms with E-state index in [4.69, 9.17) is 4.74 Å². The molecule has 5 heteroatoms. The van der Waals surface area contributed by atoms with E-state index in [1.54, 1.807) is 30.7 Å². The lowest BCUT2D eigenvalue weighted by atomic mass is 10.1. The van der Waals surface area contributed by atoms with Crippen LogP contribution in [0.4, 0.5) is 0 Å². The molecule has 1 unspecified atom stereocenters. The van der Waals surface area contributed by atoms with Crippen molar-refractivity contribution in [2.24, 2.45) is 0 Å². The average molecular weight is 250 g/mol. The van der Waals surface area contributed by atoms with Crippen LogP contribution in [0.25, 0.3) is 0 Å². The van der Waals surface area contributed by atoms with E-state index in [1.165, 1.54) is 0 Å². The van der Waals surface area contributed by atoms with Crippen molar-refractivity contribution >= 4 is 11.3 Å². The van der Waals surface area contributed by atoms with Crippen molar-refractivity contribution in [3.05, 3.63) is 40.0 Å². The maximum absolute atomic E-state index is 10.1. The molecular weight excluding hydrogens is 236 g/mol. The van der Waals surface area contributed by atoms with Crippen LogP contribution in [0, 0.1) is 6.92 Å². The number of aryl methyl sites for hydroxylation is 1. The number of nitrogens with zero attached hydrogens (tertiary/aromatic N) is 2. The van der Waals surface area contributed by atoms with Gasteiger partial charge >= 0.3 is 0 Å². The zero-order valence-electron chi connectivity index (χ0n) is 9.75. The first-order valence-corrected chi connectivity index (χ1v) is 6.16. The van der Waals surface area contributed by atoms with Crippen molar-refractivity contribution in [3.8, 4) is 5.88 Å². The Labute approximate surface area is 104 Å². The molecule has 2 rings (SSSR count). The summed E-state index contributed by atoms with van der Waals surface area (Å²) in [7, 11) is 1.55. The van der Waals surface area contributed by atoms with E-state index in [-0.39, 0.29) is 0 Å². The van der Waals surface area contributed by atoms with E-state index in [1.807, 2.05) is 18.4 Å². The number of aliphatic hydroxyl groups excluding tert-OH is 1. The minimum Gasteiger partial charge on any atom is -0.481 e. The van der Waals surface area contributed by atoms with Gasteiger partial charge in [-0.05, 0) is 19.1 Å². The van der Waals surface area contributed by atoms with Gasteiger partial charge in [0.2, 0.25) is 5.88 Å². The van der Waals surface area contributed by atoms with Crippen molar-refractivity contribution in [1.29, 1.82) is 0 Å². The molecule has 0 fully saturated rings. The molecule has 0 aromatic carbocycles. The summed E-state index contributed by atoms with van der Waals surface area (Å²) < 4.78 is 5.12. The normalized spacial score (nSPS) is 12.4. The van der Waals surface area contributed by atoms with Crippen LogP contribution in [0.2, 0.25) is 0 Å². The number of rotatable bonds is 4. The summed E-state index contributed by atoms with van der Waals surface area (Å²) in [6.45, 7) is 1.95. The van der Waals surface area contributed by atoms with Crippen LogP contribution in [-0.4, -0.2) is 22.2 Å². The highest BCUT2D eigenvalue weighted by Crippen LogP contribution is 2.25. The Balaban J connectivity index is 2.16. The number of thiazole rings is 1. The minimum absolute atomic E-state index is 0.465. The van der Waals surface area contributed by atoms with Gasteiger partial charge in [-0.3, -0.25) is 0 Å². The second-order valence-electron chi connectivity index (χ2n) is 3.68. The van der Waals surface area contributed by atoms with Crippen LogP contribution in [0.1, 0.15) is 22.4 Å². The van der Waals surface area contributed by atoms with Crippen LogP contribution in [0.3, 0.4) is 0 Å². The van der Waals surface area contributed by atoms with Crippen molar-refractivity contribution in [1.82, 2.24) is 9.97 Å². The monoisotopic (exact) mass is 250 g/mol. The maximum atomic E-state index is 10.1. The number of ether oxygens (including phenoxy) is 1. The minimum atomic E-state index is -0.639. The van der Waals surface area contributed by atoms with Gasteiger partial charge in [0, 0.05) is 23.6 Å². The van der Waals surface area contributed by atoms with Crippen LogP contribution >= 0.6 is 11.3 Å². The highest BCUT2D eigenvalue weighted by Gasteiger charge is 2.15. The molecule has 17 heavy (non-hydrogen) atoms. The summed E-state index contributed by atoms with van der Waals surface area (Å²) in [6.07, 6.45) is 1.48. The molecule has 0 aliphatic carbocycles. The number of aromatic nitrogens is 2. The lowest BCUT2D eigenvalue weighted by Gasteiger charge is -2.12. The number of hydrogen-bond donors (Lipinski definition) is 1. The summed E-state index contributed by atoms with van der Waals surface area (Å²) in [5.74, 6) is 0.465. The molecular formula is C12H14N2O2S. The van der Waals surface area contributed by atoms with Gasteiger partial charge in [0.25, 0.3) is 0 Å². The highest BCUT2D eigenvalue weighted by atomic mass is 32.1. The third-order valence-corrected chi connectivity index (χ3v) is 3.24. The van der Waals surface area contributed by atoms with E-state index < -0.39 is 6.10 Å². The van der Waals surface area contributed by atoms with E-state index >= 15 is 0 Å². The molecule has 2 aromatic heterocycles. The Kier molecular flexibility index (Phi) is 3.71. The third-order valence-electron chi connectivity index (χ3n) is 2.42. The largest absolute Gasteiger partial charge is 0.481 e. The second kappa shape index (κ2) is 5.25. The zero-order chi connectivity index (χ0) is 12.3. The molecule has 0 aliphatic heterocycles. The lowest BCUT2D eigenvalue weighted by Crippen LogP contribution is -2.05. The van der Waals surface area contributed by atoms with Gasteiger partial charge in [-0.15, -0.1) is 11.3 Å². The summed E-state index contributed by atoms with van der Waals surface area (Å²) in [4.78, 5) is 8.39. The van der Waals surface area contributed by atoms with E-state index in [0.29, 0.717) is 17.9 Å². The Morgan fingerprint density at radius 2 is 2.35 bits per heavy atom. The second-order valence-corrected chi connectivity index (χ2v) is 4.74. The Bertz CT molecular complexity index is 499. The maximum Gasteiger partial charge on any atom is 0.218 e. The Morgan fingerprint density at radius 3 is 3.00 bits per heavy atom. The quantitative estimate of drug-likeness (QED) is 0.903. The van der Waals surface area contributed by atoms with Gasteiger partial charge in [0.15, 0.2) is 0 Å². The highest BCUT2D eigenvalue weighted by molar-refractivity contribution is 7.09. The van der Waals surface area contributed by atoms with Crippen LogP contribution in [0.15, 0.2) is 23.7 Å². The fourth-order valence-corrected chi connectivity index (χ4v) is 2.26. The molecule has 2 aromatic rings. The third kappa shape index (κ3) is 2.81. The van der Waals surface area contributed by atoms with Crippen LogP contribution in [0.5, 0.6) is 5.88 Å². The Morgan fingerprint density at radius 1 is 1.53 bits per heavy atom. The topological polar surface area (TPSA) is 55.2 Å². The standard InChI is InChI=1S/C12H14N2O2S/c1-8-14-9(7-17-8)6-11(15)10-4-3-5-13-12(10)16-2/h3-5,7,11,15H,6H2,1-2H3. The number of hydrogen-bond acceptors (Lipinski definition) is 5. The number of pyridine rings is 1. The Hall–Kier alpha value is -1.46. The summed E-state index contributed by atoms with van der Waals surface area (Å²) >= 11 is 1.58. The molecule has 4 nitrogen and oxygen atoms in total. The van der Waals surface area contributed by atoms with Gasteiger partial charge in [-0.25, -0.2) is 9.97 Å². The van der Waals surface area contributed by atoms with Gasteiger partial charge in [-0.2, -0.15) is 0 Å². The first-order valence-electron chi connectivity index (χ1n) is 5.28. The first-order chi connectivity index (χ1) is 8.20. The summed E-state index contributed by atoms with van der Waals surface area (Å²) in [6, 6.07) is 3.60. The molecule has 1 N–H and O–H groups in total. The van der Waals surface area contributed by atoms with Gasteiger partial charge in [-0.1, -0.05) is 0 Å². The van der Waals surface area contributed by atoms with E-state index in [2.05, 4.69) is 9.97 Å².